The van der Waals surface area contributed by atoms with E-state index in [4.69, 9.17) is 0 Å². The number of carbonyl (C=O) groups excluding carboxylic acids is 2. The van der Waals surface area contributed by atoms with Crippen LogP contribution in [0.2, 0.25) is 0 Å². The summed E-state index contributed by atoms with van der Waals surface area (Å²) in [5, 5.41) is 2.78. The van der Waals surface area contributed by atoms with Crippen LogP contribution >= 0.6 is 0 Å². The van der Waals surface area contributed by atoms with Gasteiger partial charge < -0.3 is 5.32 Å². The molecule has 1 aliphatic rings. The molecule has 0 aliphatic carbocycles. The molecule has 16 heavy (non-hydrogen) atoms. The number of ketones is 1. The Balaban J connectivity index is 2.36. The second-order valence-corrected chi connectivity index (χ2v) is 4.03. The van der Waals surface area contributed by atoms with Crippen LogP contribution in [0.3, 0.4) is 0 Å². The minimum atomic E-state index is -0.0419. The highest BCUT2D eigenvalue weighted by molar-refractivity contribution is 6.08. The van der Waals surface area contributed by atoms with Crippen molar-refractivity contribution in [1.29, 1.82) is 0 Å². The number of aryl methyl sites for hydroxylation is 1. The van der Waals surface area contributed by atoms with Crippen molar-refractivity contribution in [3.8, 4) is 0 Å². The molecule has 1 N–H and O–H groups in total. The lowest BCUT2D eigenvalue weighted by molar-refractivity contribution is -0.116. The maximum absolute atomic E-state index is 11.7. The van der Waals surface area contributed by atoms with Crippen molar-refractivity contribution in [2.24, 2.45) is 0 Å². The number of fused-ring (bicyclic) bond motifs is 1. The first kappa shape index (κ1) is 10.6. The van der Waals surface area contributed by atoms with Crippen molar-refractivity contribution < 1.29 is 9.59 Å². The molecule has 0 unspecified atom stereocenters. The number of amides is 1. The Kier molecular flexibility index (Phi) is 2.60. The third kappa shape index (κ3) is 1.89. The van der Waals surface area contributed by atoms with Crippen molar-refractivity contribution in [2.75, 3.05) is 5.32 Å². The van der Waals surface area contributed by atoms with Crippen LogP contribution in [0.15, 0.2) is 30.4 Å². The number of Topliss-reactive ketones (excluding diaryl/α,β-unsaturated/α-hetero) is 1. The Morgan fingerprint density at radius 3 is 2.81 bits per heavy atom. The van der Waals surface area contributed by atoms with E-state index < -0.39 is 0 Å². The molecule has 0 saturated carbocycles. The number of rotatable bonds is 2. The standard InChI is InChI=1S/C13H13NO2/c1-8(2)13(16)10-3-5-11-9(7-10)4-6-12(15)14-11/h3,5,7H,1,4,6H2,2H3,(H,14,15). The first-order valence-electron chi connectivity index (χ1n) is 5.21. The third-order valence-electron chi connectivity index (χ3n) is 2.65. The van der Waals surface area contributed by atoms with E-state index in [1.54, 1.807) is 19.1 Å². The maximum atomic E-state index is 11.7. The number of carbonyl (C=O) groups is 2. The van der Waals surface area contributed by atoms with Crippen molar-refractivity contribution in [3.05, 3.63) is 41.5 Å². The Bertz CT molecular complexity index is 489. The Morgan fingerprint density at radius 1 is 1.38 bits per heavy atom. The second kappa shape index (κ2) is 3.93. The summed E-state index contributed by atoms with van der Waals surface area (Å²) in [6.07, 6.45) is 1.18. The molecule has 3 nitrogen and oxygen atoms in total. The molecule has 82 valence electrons. The van der Waals surface area contributed by atoms with Gasteiger partial charge in [-0.1, -0.05) is 6.58 Å². The average Bonchev–Trinajstić information content (AvgIpc) is 2.27. The van der Waals surface area contributed by atoms with Crippen molar-refractivity contribution >= 4 is 17.4 Å². The predicted octanol–water partition coefficient (Wildman–Crippen LogP) is 2.33. The predicted molar refractivity (Wildman–Crippen MR) is 62.5 cm³/mol. The normalized spacial score (nSPS) is 13.9. The fourth-order valence-electron chi connectivity index (χ4n) is 1.77. The lowest BCUT2D eigenvalue weighted by Gasteiger charge is -2.17. The molecule has 0 fully saturated rings. The van der Waals surface area contributed by atoms with E-state index in [0.717, 1.165) is 11.3 Å². The van der Waals surface area contributed by atoms with Crippen LogP contribution in [-0.2, 0) is 11.2 Å². The summed E-state index contributed by atoms with van der Waals surface area (Å²) in [7, 11) is 0. The van der Waals surface area contributed by atoms with Gasteiger partial charge in [-0.15, -0.1) is 0 Å². The second-order valence-electron chi connectivity index (χ2n) is 4.03. The molecule has 0 spiro atoms. The minimum Gasteiger partial charge on any atom is -0.326 e. The number of benzene rings is 1. The summed E-state index contributed by atoms with van der Waals surface area (Å²) in [4.78, 5) is 22.9. The fourth-order valence-corrected chi connectivity index (χ4v) is 1.77. The van der Waals surface area contributed by atoms with Crippen molar-refractivity contribution in [2.45, 2.75) is 19.8 Å². The van der Waals surface area contributed by atoms with Gasteiger partial charge in [-0.25, -0.2) is 0 Å². The van der Waals surface area contributed by atoms with Gasteiger partial charge in [0.05, 0.1) is 0 Å². The number of anilines is 1. The van der Waals surface area contributed by atoms with E-state index in [9.17, 15) is 9.59 Å². The Morgan fingerprint density at radius 2 is 2.12 bits per heavy atom. The molecule has 2 rings (SSSR count). The SMILES string of the molecule is C=C(C)C(=O)c1ccc2c(c1)CCC(=O)N2. The van der Waals surface area contributed by atoms with Crippen LogP contribution in [0.25, 0.3) is 0 Å². The largest absolute Gasteiger partial charge is 0.326 e. The van der Waals surface area contributed by atoms with Crippen molar-refractivity contribution in [3.63, 3.8) is 0 Å². The molecule has 1 aliphatic heterocycles. The maximum Gasteiger partial charge on any atom is 0.224 e. The summed E-state index contributed by atoms with van der Waals surface area (Å²) in [6.45, 7) is 5.33. The van der Waals surface area contributed by atoms with E-state index in [-0.39, 0.29) is 11.7 Å². The Hall–Kier alpha value is -1.90. The molecule has 3 heteroatoms. The van der Waals surface area contributed by atoms with E-state index >= 15 is 0 Å². The molecule has 1 aromatic rings. The molecular weight excluding hydrogens is 202 g/mol. The molecule has 0 radical (unpaired) electrons. The monoisotopic (exact) mass is 215 g/mol. The number of nitrogens with one attached hydrogen (secondary N) is 1. The van der Waals surface area contributed by atoms with Crippen LogP contribution in [0, 0.1) is 0 Å². The van der Waals surface area contributed by atoms with Gasteiger partial charge in [0.15, 0.2) is 5.78 Å². The zero-order chi connectivity index (χ0) is 11.7. The van der Waals surface area contributed by atoms with Crippen LogP contribution in [-0.4, -0.2) is 11.7 Å². The summed E-state index contributed by atoms with van der Waals surface area (Å²) >= 11 is 0. The third-order valence-corrected chi connectivity index (χ3v) is 2.65. The highest BCUT2D eigenvalue weighted by Gasteiger charge is 2.16. The van der Waals surface area contributed by atoms with Gasteiger partial charge in [-0.3, -0.25) is 9.59 Å². The van der Waals surface area contributed by atoms with E-state index in [0.29, 0.717) is 24.0 Å². The summed E-state index contributed by atoms with van der Waals surface area (Å²) in [5.41, 5.74) is 3.00. The average molecular weight is 215 g/mol. The summed E-state index contributed by atoms with van der Waals surface area (Å²) in [5.74, 6) is -0.00817. The van der Waals surface area contributed by atoms with Crippen LogP contribution in [0.4, 0.5) is 5.69 Å². The molecular formula is C13H13NO2. The minimum absolute atomic E-state index is 0.0338. The van der Waals surface area contributed by atoms with Crippen LogP contribution in [0.1, 0.15) is 29.3 Å². The van der Waals surface area contributed by atoms with Gasteiger partial charge in [0.1, 0.15) is 0 Å². The number of allylic oxidation sites excluding steroid dienone is 1. The van der Waals surface area contributed by atoms with Gasteiger partial charge in [-0.05, 0) is 42.7 Å². The van der Waals surface area contributed by atoms with E-state index in [1.807, 2.05) is 6.07 Å². The molecule has 0 bridgehead atoms. The highest BCUT2D eigenvalue weighted by atomic mass is 16.1. The van der Waals surface area contributed by atoms with Crippen LogP contribution < -0.4 is 5.32 Å². The molecule has 0 saturated heterocycles. The number of hydrogen-bond acceptors (Lipinski definition) is 2. The van der Waals surface area contributed by atoms with Gasteiger partial charge in [0.25, 0.3) is 0 Å². The molecule has 0 atom stereocenters. The summed E-state index contributed by atoms with van der Waals surface area (Å²) < 4.78 is 0. The molecule has 0 aromatic heterocycles. The van der Waals surface area contributed by atoms with E-state index in [2.05, 4.69) is 11.9 Å². The zero-order valence-corrected chi connectivity index (χ0v) is 9.17. The molecule has 1 heterocycles. The topological polar surface area (TPSA) is 46.2 Å². The van der Waals surface area contributed by atoms with Gasteiger partial charge in [0, 0.05) is 17.7 Å². The molecule has 1 amide bonds. The fraction of sp³-hybridized carbons (Fsp3) is 0.231. The van der Waals surface area contributed by atoms with Gasteiger partial charge >= 0.3 is 0 Å². The Labute approximate surface area is 94.2 Å². The lowest BCUT2D eigenvalue weighted by atomic mass is 9.97. The zero-order valence-electron chi connectivity index (χ0n) is 9.17. The highest BCUT2D eigenvalue weighted by Crippen LogP contribution is 2.24. The summed E-state index contributed by atoms with van der Waals surface area (Å²) in [6, 6.07) is 5.34. The molecule has 1 aromatic carbocycles. The van der Waals surface area contributed by atoms with Gasteiger partial charge in [0.2, 0.25) is 5.91 Å². The van der Waals surface area contributed by atoms with Crippen molar-refractivity contribution in [1.82, 2.24) is 0 Å². The van der Waals surface area contributed by atoms with Crippen LogP contribution in [0.5, 0.6) is 0 Å². The smallest absolute Gasteiger partial charge is 0.224 e. The van der Waals surface area contributed by atoms with Gasteiger partial charge in [-0.2, -0.15) is 0 Å². The first-order valence-corrected chi connectivity index (χ1v) is 5.21. The number of hydrogen-bond donors (Lipinski definition) is 1. The first-order chi connectivity index (χ1) is 7.58. The quantitative estimate of drug-likeness (QED) is 0.608. The van der Waals surface area contributed by atoms with E-state index in [1.165, 1.54) is 0 Å². The lowest BCUT2D eigenvalue weighted by Crippen LogP contribution is -2.19.